The molecule has 33 heavy (non-hydrogen) atoms. The van der Waals surface area contributed by atoms with Gasteiger partial charge in [-0.25, -0.2) is 14.6 Å². The fraction of sp³-hybridized carbons (Fsp3) is 0.478. The Morgan fingerprint density at radius 1 is 0.970 bits per heavy atom. The predicted molar refractivity (Wildman–Crippen MR) is 126 cm³/mol. The zero-order valence-corrected chi connectivity index (χ0v) is 19.7. The monoisotopic (exact) mass is 456 g/mol. The Balaban J connectivity index is 1.72. The van der Waals surface area contributed by atoms with Crippen LogP contribution in [0.15, 0.2) is 24.7 Å². The molecule has 0 radical (unpaired) electrons. The van der Waals surface area contributed by atoms with Crippen LogP contribution in [0, 0.1) is 0 Å². The molecule has 10 nitrogen and oxygen atoms in total. The summed E-state index contributed by atoms with van der Waals surface area (Å²) in [6.07, 6.45) is 4.25. The number of carbonyl (C=O) groups is 1. The van der Waals surface area contributed by atoms with Gasteiger partial charge in [-0.05, 0) is 39.3 Å². The van der Waals surface area contributed by atoms with Crippen LogP contribution in [0.4, 0.5) is 5.82 Å². The van der Waals surface area contributed by atoms with Crippen molar-refractivity contribution < 1.29 is 19.0 Å². The number of hydrogen-bond donors (Lipinski definition) is 2. The van der Waals surface area contributed by atoms with Gasteiger partial charge in [0.05, 0.1) is 37.9 Å². The molecule has 3 aromatic rings. The molecule has 0 bridgehead atoms. The summed E-state index contributed by atoms with van der Waals surface area (Å²) in [5, 5.41) is 11.5. The van der Waals surface area contributed by atoms with Gasteiger partial charge in [0.25, 0.3) is 5.91 Å². The van der Waals surface area contributed by atoms with Gasteiger partial charge in [0.2, 0.25) is 5.75 Å². The molecule has 2 heterocycles. The number of anilines is 1. The van der Waals surface area contributed by atoms with E-state index in [1.54, 1.807) is 23.0 Å². The first-order chi connectivity index (χ1) is 16.1. The zero-order chi connectivity index (χ0) is 23.6. The van der Waals surface area contributed by atoms with Gasteiger partial charge in [-0.1, -0.05) is 6.92 Å². The highest BCUT2D eigenvalue weighted by Gasteiger charge is 2.18. The number of ether oxygens (including phenoxy) is 3. The van der Waals surface area contributed by atoms with Gasteiger partial charge in [-0.3, -0.25) is 4.79 Å². The first-order valence-electron chi connectivity index (χ1n) is 11.4. The van der Waals surface area contributed by atoms with Crippen LogP contribution in [0.5, 0.6) is 17.2 Å². The maximum Gasteiger partial charge on any atom is 0.251 e. The lowest BCUT2D eigenvalue weighted by Crippen LogP contribution is -2.27. The van der Waals surface area contributed by atoms with Gasteiger partial charge in [0.15, 0.2) is 17.1 Å². The van der Waals surface area contributed by atoms with Crippen molar-refractivity contribution in [3.63, 3.8) is 0 Å². The molecule has 0 saturated carbocycles. The molecule has 1 aromatic carbocycles. The third kappa shape index (κ3) is 5.82. The highest BCUT2D eigenvalue weighted by atomic mass is 16.5. The fourth-order valence-corrected chi connectivity index (χ4v) is 3.34. The van der Waals surface area contributed by atoms with Crippen LogP contribution < -0.4 is 24.8 Å². The Morgan fingerprint density at radius 3 is 2.30 bits per heavy atom. The van der Waals surface area contributed by atoms with E-state index in [2.05, 4.69) is 32.6 Å². The number of aromatic nitrogens is 4. The second kappa shape index (κ2) is 11.9. The minimum Gasteiger partial charge on any atom is -0.490 e. The Hall–Kier alpha value is -3.56. The molecular formula is C23H32N6O4. The van der Waals surface area contributed by atoms with E-state index >= 15 is 0 Å². The Kier molecular flexibility index (Phi) is 8.68. The van der Waals surface area contributed by atoms with E-state index in [9.17, 15) is 4.79 Å². The first kappa shape index (κ1) is 24.1. The molecule has 0 atom stereocenters. The lowest BCUT2D eigenvalue weighted by molar-refractivity contribution is 0.0951. The van der Waals surface area contributed by atoms with Crippen LogP contribution >= 0.6 is 0 Å². The third-order valence-corrected chi connectivity index (χ3v) is 4.76. The number of hydrogen-bond acceptors (Lipinski definition) is 8. The van der Waals surface area contributed by atoms with Crippen LogP contribution in [0.1, 0.15) is 44.5 Å². The molecular weight excluding hydrogens is 424 g/mol. The minimum absolute atomic E-state index is 0.239. The van der Waals surface area contributed by atoms with Crippen molar-refractivity contribution in [2.45, 2.75) is 40.7 Å². The topological polar surface area (TPSA) is 112 Å². The summed E-state index contributed by atoms with van der Waals surface area (Å²) < 4.78 is 18.9. The van der Waals surface area contributed by atoms with Crippen molar-refractivity contribution in [2.24, 2.45) is 0 Å². The summed E-state index contributed by atoms with van der Waals surface area (Å²) in [6, 6.07) is 3.35. The number of carbonyl (C=O) groups excluding carboxylic acids is 1. The first-order valence-corrected chi connectivity index (χ1v) is 11.4. The molecule has 1 amide bonds. The van der Waals surface area contributed by atoms with Gasteiger partial charge >= 0.3 is 0 Å². The van der Waals surface area contributed by atoms with Crippen LogP contribution in [-0.2, 0) is 6.54 Å². The van der Waals surface area contributed by atoms with E-state index in [1.807, 2.05) is 20.8 Å². The van der Waals surface area contributed by atoms with E-state index in [0.717, 1.165) is 29.8 Å². The smallest absolute Gasteiger partial charge is 0.251 e. The quantitative estimate of drug-likeness (QED) is 0.403. The lowest BCUT2D eigenvalue weighted by Gasteiger charge is -2.17. The number of benzene rings is 1. The molecule has 0 aliphatic carbocycles. The van der Waals surface area contributed by atoms with E-state index in [0.29, 0.717) is 55.7 Å². The van der Waals surface area contributed by atoms with Crippen LogP contribution in [-0.4, -0.2) is 58.6 Å². The maximum atomic E-state index is 12.9. The molecule has 10 heteroatoms. The van der Waals surface area contributed by atoms with Crippen molar-refractivity contribution in [2.75, 3.05) is 38.2 Å². The summed E-state index contributed by atoms with van der Waals surface area (Å²) in [7, 11) is 0. The zero-order valence-electron chi connectivity index (χ0n) is 19.7. The van der Waals surface area contributed by atoms with Gasteiger partial charge < -0.3 is 24.8 Å². The van der Waals surface area contributed by atoms with Gasteiger partial charge in [0.1, 0.15) is 12.1 Å². The molecule has 0 unspecified atom stereocenters. The molecule has 0 aliphatic heterocycles. The highest BCUT2D eigenvalue weighted by Crippen LogP contribution is 2.39. The van der Waals surface area contributed by atoms with Crippen LogP contribution in [0.2, 0.25) is 0 Å². The third-order valence-electron chi connectivity index (χ3n) is 4.76. The molecule has 2 N–H and O–H groups in total. The SMILES string of the molecule is CCCNc1ncnc2c1cnn2CCNC(=O)c1cc(OCC)c(OCC)c(OCC)c1. The minimum atomic E-state index is -0.239. The number of fused-ring (bicyclic) bond motifs is 1. The lowest BCUT2D eigenvalue weighted by atomic mass is 10.1. The summed E-state index contributed by atoms with van der Waals surface area (Å²) in [6.45, 7) is 10.8. The Labute approximate surface area is 193 Å². The molecule has 0 fully saturated rings. The van der Waals surface area contributed by atoms with Crippen molar-refractivity contribution in [1.29, 1.82) is 0 Å². The number of rotatable bonds is 13. The van der Waals surface area contributed by atoms with Gasteiger partial charge in [-0.2, -0.15) is 5.10 Å². The van der Waals surface area contributed by atoms with E-state index in [-0.39, 0.29) is 5.91 Å². The average molecular weight is 457 g/mol. The second-order valence-corrected chi connectivity index (χ2v) is 7.11. The Morgan fingerprint density at radius 2 is 1.67 bits per heavy atom. The highest BCUT2D eigenvalue weighted by molar-refractivity contribution is 5.95. The van der Waals surface area contributed by atoms with Crippen LogP contribution in [0.3, 0.4) is 0 Å². The Bertz CT molecular complexity index is 1040. The average Bonchev–Trinajstić information content (AvgIpc) is 3.23. The fourth-order valence-electron chi connectivity index (χ4n) is 3.34. The van der Waals surface area contributed by atoms with Crippen LogP contribution in [0.25, 0.3) is 11.0 Å². The largest absolute Gasteiger partial charge is 0.490 e. The van der Waals surface area contributed by atoms with Gasteiger partial charge in [-0.15, -0.1) is 0 Å². The normalized spacial score (nSPS) is 10.8. The molecule has 3 rings (SSSR count). The number of nitrogens with one attached hydrogen (secondary N) is 2. The predicted octanol–water partition coefficient (Wildman–Crippen LogP) is 3.27. The maximum absolute atomic E-state index is 12.9. The van der Waals surface area contributed by atoms with Crippen molar-refractivity contribution in [1.82, 2.24) is 25.1 Å². The molecule has 2 aromatic heterocycles. The molecule has 0 spiro atoms. The summed E-state index contributed by atoms with van der Waals surface area (Å²) in [5.74, 6) is 2.00. The standard InChI is InChI=1S/C23H32N6O4/c1-5-9-24-21-17-14-28-29(22(17)27-15-26-21)11-10-25-23(30)16-12-18(31-6-2)20(33-8-4)19(13-16)32-7-3/h12-15H,5-11H2,1-4H3,(H,25,30)(H,24,26,27). The van der Waals surface area contributed by atoms with Gasteiger partial charge in [0, 0.05) is 18.7 Å². The van der Waals surface area contributed by atoms with Crippen molar-refractivity contribution >= 4 is 22.8 Å². The van der Waals surface area contributed by atoms with Crippen molar-refractivity contribution in [3.8, 4) is 17.2 Å². The molecule has 0 aliphatic rings. The summed E-state index contributed by atoms with van der Waals surface area (Å²) in [4.78, 5) is 21.5. The number of nitrogens with zero attached hydrogens (tertiary/aromatic N) is 4. The van der Waals surface area contributed by atoms with E-state index < -0.39 is 0 Å². The second-order valence-electron chi connectivity index (χ2n) is 7.11. The molecule has 0 saturated heterocycles. The molecule has 178 valence electrons. The number of amides is 1. The summed E-state index contributed by atoms with van der Waals surface area (Å²) in [5.41, 5.74) is 1.15. The van der Waals surface area contributed by atoms with E-state index in [4.69, 9.17) is 14.2 Å². The summed E-state index contributed by atoms with van der Waals surface area (Å²) >= 11 is 0. The van der Waals surface area contributed by atoms with E-state index in [1.165, 1.54) is 6.33 Å². The van der Waals surface area contributed by atoms with Crippen molar-refractivity contribution in [3.05, 3.63) is 30.2 Å².